The smallest absolute Gasteiger partial charge is 0.123 e. The second-order valence-corrected chi connectivity index (χ2v) is 4.27. The fourth-order valence-electron chi connectivity index (χ4n) is 1.45. The van der Waals surface area contributed by atoms with Crippen LogP contribution in [0.1, 0.15) is 24.4 Å². The summed E-state index contributed by atoms with van der Waals surface area (Å²) in [5, 5.41) is 0. The van der Waals surface area contributed by atoms with Crippen molar-refractivity contribution in [3.05, 3.63) is 40.9 Å². The molecule has 2 N–H and O–H groups in total. The van der Waals surface area contributed by atoms with Crippen molar-refractivity contribution in [2.45, 2.75) is 18.9 Å². The molecule has 0 fully saturated rings. The van der Waals surface area contributed by atoms with Gasteiger partial charge in [0.25, 0.3) is 0 Å². The Bertz CT molecular complexity index is 344. The summed E-state index contributed by atoms with van der Waals surface area (Å²) >= 11 is 3.43. The molecular weight excluding hydrogens is 289 g/mol. The Morgan fingerprint density at radius 3 is 2.81 bits per heavy atom. The van der Waals surface area contributed by atoms with Crippen LogP contribution in [0.25, 0.3) is 0 Å². The summed E-state index contributed by atoms with van der Waals surface area (Å²) in [6.45, 7) is 3.69. The van der Waals surface area contributed by atoms with E-state index in [0.717, 1.165) is 28.6 Å². The van der Waals surface area contributed by atoms with Crippen molar-refractivity contribution < 1.29 is 4.74 Å². The number of ether oxygens (including phenoxy) is 1. The van der Waals surface area contributed by atoms with E-state index >= 15 is 0 Å². The van der Waals surface area contributed by atoms with Crippen LogP contribution in [-0.2, 0) is 0 Å². The van der Waals surface area contributed by atoms with Crippen molar-refractivity contribution in [2.24, 2.45) is 5.73 Å². The highest BCUT2D eigenvalue weighted by atomic mass is 79.9. The predicted octanol–water partition coefficient (Wildman–Crippen LogP) is 3.85. The minimum absolute atomic E-state index is 0. The van der Waals surface area contributed by atoms with Crippen LogP contribution in [0.2, 0.25) is 0 Å². The average molecular weight is 307 g/mol. The maximum atomic E-state index is 6.08. The van der Waals surface area contributed by atoms with Gasteiger partial charge in [-0.25, -0.2) is 0 Å². The molecule has 1 atom stereocenters. The topological polar surface area (TPSA) is 35.2 Å². The van der Waals surface area contributed by atoms with Crippen molar-refractivity contribution >= 4 is 28.3 Å². The third-order valence-corrected chi connectivity index (χ3v) is 2.77. The van der Waals surface area contributed by atoms with Crippen molar-refractivity contribution in [1.82, 2.24) is 0 Å². The molecule has 0 amide bonds. The summed E-state index contributed by atoms with van der Waals surface area (Å²) in [5.74, 6) is 0.842. The summed E-state index contributed by atoms with van der Waals surface area (Å²) < 4.78 is 6.30. The molecule has 0 unspecified atom stereocenters. The molecule has 90 valence electrons. The molecule has 0 aliphatic carbocycles. The van der Waals surface area contributed by atoms with E-state index < -0.39 is 0 Å². The van der Waals surface area contributed by atoms with E-state index in [2.05, 4.69) is 22.5 Å². The standard InChI is InChI=1S/C12H16BrNO.ClH/c1-3-4-5-11(14)10-8-9(13)6-7-12(10)15-2;/h3,6-8,11H,1,4-5,14H2,2H3;1H/t11-;/m1./s1. The Kier molecular flexibility index (Phi) is 7.47. The summed E-state index contributed by atoms with van der Waals surface area (Å²) in [5.41, 5.74) is 7.11. The second-order valence-electron chi connectivity index (χ2n) is 3.36. The lowest BCUT2D eigenvalue weighted by Gasteiger charge is -2.15. The molecule has 0 aromatic heterocycles. The Hall–Kier alpha value is -0.510. The van der Waals surface area contributed by atoms with Gasteiger partial charge in [0, 0.05) is 16.1 Å². The van der Waals surface area contributed by atoms with E-state index in [1.54, 1.807) is 7.11 Å². The highest BCUT2D eigenvalue weighted by molar-refractivity contribution is 9.10. The largest absolute Gasteiger partial charge is 0.496 e. The summed E-state index contributed by atoms with van der Waals surface area (Å²) in [7, 11) is 1.66. The van der Waals surface area contributed by atoms with Crippen LogP contribution < -0.4 is 10.5 Å². The van der Waals surface area contributed by atoms with E-state index in [1.165, 1.54) is 0 Å². The highest BCUT2D eigenvalue weighted by Crippen LogP contribution is 2.29. The Balaban J connectivity index is 0.00000225. The van der Waals surface area contributed by atoms with Crippen LogP contribution in [0.3, 0.4) is 0 Å². The van der Waals surface area contributed by atoms with Crippen LogP contribution in [0.15, 0.2) is 35.3 Å². The third kappa shape index (κ3) is 4.16. The zero-order valence-corrected chi connectivity index (χ0v) is 11.7. The third-order valence-electron chi connectivity index (χ3n) is 2.27. The number of allylic oxidation sites excluding steroid dienone is 1. The van der Waals surface area contributed by atoms with Gasteiger partial charge in [-0.15, -0.1) is 19.0 Å². The van der Waals surface area contributed by atoms with Gasteiger partial charge in [0.1, 0.15) is 5.75 Å². The summed E-state index contributed by atoms with van der Waals surface area (Å²) in [6.07, 6.45) is 3.68. The van der Waals surface area contributed by atoms with Gasteiger partial charge < -0.3 is 10.5 Å². The van der Waals surface area contributed by atoms with E-state index in [4.69, 9.17) is 10.5 Å². The molecule has 0 radical (unpaired) electrons. The van der Waals surface area contributed by atoms with Gasteiger partial charge in [-0.2, -0.15) is 0 Å². The molecule has 0 spiro atoms. The van der Waals surface area contributed by atoms with Crippen LogP contribution in [0.5, 0.6) is 5.75 Å². The molecule has 0 saturated heterocycles. The summed E-state index contributed by atoms with van der Waals surface area (Å²) in [6, 6.07) is 5.87. The number of halogens is 2. The number of methoxy groups -OCH3 is 1. The van der Waals surface area contributed by atoms with Gasteiger partial charge in [-0.05, 0) is 31.0 Å². The maximum absolute atomic E-state index is 6.08. The van der Waals surface area contributed by atoms with Gasteiger partial charge in [0.15, 0.2) is 0 Å². The fraction of sp³-hybridized carbons (Fsp3) is 0.333. The molecule has 0 aliphatic heterocycles. The first-order valence-corrected chi connectivity index (χ1v) is 5.68. The number of benzene rings is 1. The van der Waals surface area contributed by atoms with Gasteiger partial charge in [0.2, 0.25) is 0 Å². The molecule has 1 rings (SSSR count). The molecule has 1 aromatic carbocycles. The minimum atomic E-state index is -0.00421. The first kappa shape index (κ1) is 15.5. The molecule has 0 heterocycles. The Morgan fingerprint density at radius 2 is 2.25 bits per heavy atom. The first-order chi connectivity index (χ1) is 7.19. The molecule has 0 aliphatic rings. The molecule has 4 heteroatoms. The van der Waals surface area contributed by atoms with Crippen LogP contribution in [0.4, 0.5) is 0 Å². The van der Waals surface area contributed by atoms with Gasteiger partial charge in [0.05, 0.1) is 7.11 Å². The fourth-order valence-corrected chi connectivity index (χ4v) is 1.83. The second kappa shape index (κ2) is 7.71. The van der Waals surface area contributed by atoms with E-state index in [-0.39, 0.29) is 18.4 Å². The molecule has 16 heavy (non-hydrogen) atoms. The maximum Gasteiger partial charge on any atom is 0.123 e. The van der Waals surface area contributed by atoms with Crippen LogP contribution in [-0.4, -0.2) is 7.11 Å². The molecular formula is C12H17BrClNO. The highest BCUT2D eigenvalue weighted by Gasteiger charge is 2.11. The van der Waals surface area contributed by atoms with Gasteiger partial charge in [-0.3, -0.25) is 0 Å². The molecule has 1 aromatic rings. The van der Waals surface area contributed by atoms with Crippen LogP contribution >= 0.6 is 28.3 Å². The quantitative estimate of drug-likeness (QED) is 0.839. The lowest BCUT2D eigenvalue weighted by Crippen LogP contribution is -2.11. The summed E-state index contributed by atoms with van der Waals surface area (Å²) in [4.78, 5) is 0. The monoisotopic (exact) mass is 305 g/mol. The van der Waals surface area contributed by atoms with E-state index in [1.807, 2.05) is 24.3 Å². The molecule has 0 saturated carbocycles. The van der Waals surface area contributed by atoms with E-state index in [0.29, 0.717) is 0 Å². The van der Waals surface area contributed by atoms with Gasteiger partial charge in [-0.1, -0.05) is 22.0 Å². The van der Waals surface area contributed by atoms with Crippen molar-refractivity contribution in [2.75, 3.05) is 7.11 Å². The van der Waals surface area contributed by atoms with Crippen molar-refractivity contribution in [3.63, 3.8) is 0 Å². The lowest BCUT2D eigenvalue weighted by atomic mass is 10.0. The minimum Gasteiger partial charge on any atom is -0.496 e. The Labute approximate surface area is 111 Å². The van der Waals surface area contributed by atoms with Crippen molar-refractivity contribution in [1.29, 1.82) is 0 Å². The van der Waals surface area contributed by atoms with Gasteiger partial charge >= 0.3 is 0 Å². The Morgan fingerprint density at radius 1 is 1.56 bits per heavy atom. The van der Waals surface area contributed by atoms with Crippen molar-refractivity contribution in [3.8, 4) is 5.75 Å². The van der Waals surface area contributed by atoms with E-state index in [9.17, 15) is 0 Å². The normalized spacial score (nSPS) is 11.4. The first-order valence-electron chi connectivity index (χ1n) is 4.89. The zero-order valence-electron chi connectivity index (χ0n) is 9.28. The average Bonchev–Trinajstić information content (AvgIpc) is 2.25. The zero-order chi connectivity index (χ0) is 11.3. The molecule has 2 nitrogen and oxygen atoms in total. The van der Waals surface area contributed by atoms with Crippen LogP contribution in [0, 0.1) is 0 Å². The number of nitrogens with two attached hydrogens (primary N) is 1. The number of hydrogen-bond acceptors (Lipinski definition) is 2. The lowest BCUT2D eigenvalue weighted by molar-refractivity contribution is 0.404. The number of hydrogen-bond donors (Lipinski definition) is 1. The predicted molar refractivity (Wildman–Crippen MR) is 74.3 cm³/mol. The number of rotatable bonds is 5. The molecule has 0 bridgehead atoms. The SMILES string of the molecule is C=CCC[C@@H](N)c1cc(Br)ccc1OC.Cl.